The number of amides is 1. The fourth-order valence-electron chi connectivity index (χ4n) is 1.61. The molecule has 1 amide bonds. The fraction of sp³-hybridized carbons (Fsp3) is 0.533. The van der Waals surface area contributed by atoms with Crippen LogP contribution in [0.3, 0.4) is 0 Å². The van der Waals surface area contributed by atoms with Gasteiger partial charge in [-0.1, -0.05) is 31.2 Å². The predicted molar refractivity (Wildman–Crippen MR) is 81.6 cm³/mol. The summed E-state index contributed by atoms with van der Waals surface area (Å²) in [5.74, 6) is 0.186. The van der Waals surface area contributed by atoms with Crippen molar-refractivity contribution in [1.29, 1.82) is 0 Å². The van der Waals surface area contributed by atoms with Crippen molar-refractivity contribution in [3.8, 4) is 0 Å². The summed E-state index contributed by atoms with van der Waals surface area (Å²) in [4.78, 5) is 11.9. The van der Waals surface area contributed by atoms with Gasteiger partial charge in [-0.15, -0.1) is 0 Å². The molecule has 1 rings (SSSR count). The smallest absolute Gasteiger partial charge is 0.235 e. The van der Waals surface area contributed by atoms with Crippen molar-refractivity contribution in [3.05, 3.63) is 35.4 Å². The number of aliphatic hydroxyl groups excluding tert-OH is 1. The Bertz CT molecular complexity index is 459. The Morgan fingerprint density at radius 3 is 2.30 bits per heavy atom. The molecule has 0 fully saturated rings. The number of hydrogen-bond acceptors (Lipinski definition) is 3. The largest absolute Gasteiger partial charge is 0.392 e. The highest BCUT2D eigenvalue weighted by atomic mass is 32.2. The van der Waals surface area contributed by atoms with Gasteiger partial charge in [-0.3, -0.25) is 9.00 Å². The van der Waals surface area contributed by atoms with Gasteiger partial charge in [0.05, 0.1) is 6.61 Å². The summed E-state index contributed by atoms with van der Waals surface area (Å²) in [6.07, 6.45) is 0.855. The molecule has 0 saturated heterocycles. The highest BCUT2D eigenvalue weighted by Gasteiger charge is 2.21. The van der Waals surface area contributed by atoms with E-state index >= 15 is 0 Å². The Labute approximate surface area is 123 Å². The molecule has 3 unspecified atom stereocenters. The van der Waals surface area contributed by atoms with E-state index in [-0.39, 0.29) is 18.6 Å². The van der Waals surface area contributed by atoms with Gasteiger partial charge in [0.1, 0.15) is 5.25 Å². The van der Waals surface area contributed by atoms with Gasteiger partial charge in [0.15, 0.2) is 0 Å². The van der Waals surface area contributed by atoms with E-state index in [9.17, 15) is 9.00 Å². The second kappa shape index (κ2) is 8.17. The van der Waals surface area contributed by atoms with Crippen LogP contribution in [0.5, 0.6) is 0 Å². The van der Waals surface area contributed by atoms with E-state index in [4.69, 9.17) is 5.11 Å². The average molecular weight is 297 g/mol. The molecule has 2 N–H and O–H groups in total. The molecule has 0 saturated carbocycles. The normalized spacial score (nSPS) is 15.4. The topological polar surface area (TPSA) is 66.4 Å². The maximum absolute atomic E-state index is 12.2. The second-order valence-corrected chi connectivity index (χ2v) is 6.72. The maximum Gasteiger partial charge on any atom is 0.235 e. The molecule has 3 atom stereocenters. The van der Waals surface area contributed by atoms with E-state index in [1.54, 1.807) is 19.1 Å². The van der Waals surface area contributed by atoms with Crippen LogP contribution in [-0.4, -0.2) is 26.5 Å². The quantitative estimate of drug-likeness (QED) is 0.805. The summed E-state index contributed by atoms with van der Waals surface area (Å²) < 4.78 is 12.2. The van der Waals surface area contributed by atoms with Crippen LogP contribution in [0.1, 0.15) is 38.3 Å². The fourth-order valence-corrected chi connectivity index (χ4v) is 2.69. The third kappa shape index (κ3) is 5.06. The van der Waals surface area contributed by atoms with Crippen LogP contribution in [-0.2, 0) is 28.0 Å². The first kappa shape index (κ1) is 16.9. The van der Waals surface area contributed by atoms with Crippen LogP contribution < -0.4 is 5.32 Å². The number of hydrogen-bond donors (Lipinski definition) is 2. The zero-order valence-corrected chi connectivity index (χ0v) is 13.1. The lowest BCUT2D eigenvalue weighted by Crippen LogP contribution is -2.40. The Hall–Kier alpha value is -1.20. The maximum atomic E-state index is 12.2. The highest BCUT2D eigenvalue weighted by Crippen LogP contribution is 2.10. The Balaban J connectivity index is 2.58. The van der Waals surface area contributed by atoms with Gasteiger partial charge in [-0.25, -0.2) is 0 Å². The summed E-state index contributed by atoms with van der Waals surface area (Å²) in [6.45, 7) is 5.61. The molecule has 0 spiro atoms. The lowest BCUT2D eigenvalue weighted by Gasteiger charge is -2.16. The number of aliphatic hydroxyl groups is 1. The SMILES string of the molecule is CCC(C)NC(=O)C(C)S(=O)Cc1ccc(CO)cc1. The summed E-state index contributed by atoms with van der Waals surface area (Å²) in [7, 11) is -1.25. The van der Waals surface area contributed by atoms with E-state index in [0.717, 1.165) is 17.5 Å². The minimum absolute atomic E-state index is 0.00289. The highest BCUT2D eigenvalue weighted by molar-refractivity contribution is 7.85. The van der Waals surface area contributed by atoms with Gasteiger partial charge in [0.2, 0.25) is 5.91 Å². The monoisotopic (exact) mass is 297 g/mol. The molecule has 1 aromatic rings. The molecule has 0 bridgehead atoms. The van der Waals surface area contributed by atoms with Crippen LogP contribution in [0.25, 0.3) is 0 Å². The molecular weight excluding hydrogens is 274 g/mol. The van der Waals surface area contributed by atoms with E-state index in [1.165, 1.54) is 0 Å². The van der Waals surface area contributed by atoms with Gasteiger partial charge in [0.25, 0.3) is 0 Å². The van der Waals surface area contributed by atoms with Crippen molar-refractivity contribution in [2.24, 2.45) is 0 Å². The lowest BCUT2D eigenvalue weighted by molar-refractivity contribution is -0.120. The number of carbonyl (C=O) groups is 1. The van der Waals surface area contributed by atoms with Crippen molar-refractivity contribution < 1.29 is 14.1 Å². The van der Waals surface area contributed by atoms with Gasteiger partial charge in [-0.05, 0) is 31.4 Å². The van der Waals surface area contributed by atoms with Gasteiger partial charge in [0, 0.05) is 22.6 Å². The van der Waals surface area contributed by atoms with Crippen molar-refractivity contribution >= 4 is 16.7 Å². The summed E-state index contributed by atoms with van der Waals surface area (Å²) in [5, 5.41) is 11.3. The molecule has 0 aliphatic heterocycles. The van der Waals surface area contributed by atoms with Crippen LogP contribution >= 0.6 is 0 Å². The first-order chi connectivity index (χ1) is 9.47. The first-order valence-corrected chi connectivity index (χ1v) is 8.22. The van der Waals surface area contributed by atoms with Gasteiger partial charge in [-0.2, -0.15) is 0 Å². The molecule has 4 nitrogen and oxygen atoms in total. The summed E-state index contributed by atoms with van der Waals surface area (Å²) >= 11 is 0. The van der Waals surface area contributed by atoms with Crippen LogP contribution in [0.15, 0.2) is 24.3 Å². The van der Waals surface area contributed by atoms with E-state index in [2.05, 4.69) is 5.32 Å². The lowest BCUT2D eigenvalue weighted by atomic mass is 10.2. The van der Waals surface area contributed by atoms with E-state index in [0.29, 0.717) is 5.75 Å². The molecule has 0 aliphatic carbocycles. The van der Waals surface area contributed by atoms with Crippen molar-refractivity contribution in [2.75, 3.05) is 0 Å². The Kier molecular flexibility index (Phi) is 6.88. The van der Waals surface area contributed by atoms with E-state index < -0.39 is 16.0 Å². The Morgan fingerprint density at radius 2 is 1.80 bits per heavy atom. The molecule has 0 radical (unpaired) electrons. The molecular formula is C15H23NO3S. The molecule has 1 aromatic carbocycles. The Morgan fingerprint density at radius 1 is 1.25 bits per heavy atom. The number of benzene rings is 1. The zero-order chi connectivity index (χ0) is 15.1. The van der Waals surface area contributed by atoms with Gasteiger partial charge < -0.3 is 10.4 Å². The molecule has 112 valence electrons. The number of rotatable bonds is 7. The van der Waals surface area contributed by atoms with Crippen LogP contribution in [0.4, 0.5) is 0 Å². The summed E-state index contributed by atoms with van der Waals surface area (Å²) in [6, 6.07) is 7.38. The zero-order valence-electron chi connectivity index (χ0n) is 12.3. The van der Waals surface area contributed by atoms with Crippen LogP contribution in [0, 0.1) is 0 Å². The van der Waals surface area contributed by atoms with Crippen molar-refractivity contribution in [3.63, 3.8) is 0 Å². The molecule has 0 aromatic heterocycles. The second-order valence-electron chi connectivity index (χ2n) is 4.96. The summed E-state index contributed by atoms with van der Waals surface area (Å²) in [5.41, 5.74) is 1.73. The molecule has 0 aliphatic rings. The van der Waals surface area contributed by atoms with E-state index in [1.807, 2.05) is 26.0 Å². The molecule has 20 heavy (non-hydrogen) atoms. The van der Waals surface area contributed by atoms with Crippen molar-refractivity contribution in [1.82, 2.24) is 5.32 Å². The van der Waals surface area contributed by atoms with Crippen molar-refractivity contribution in [2.45, 2.75) is 50.8 Å². The number of carbonyl (C=O) groups excluding carboxylic acids is 1. The van der Waals surface area contributed by atoms with Crippen LogP contribution in [0.2, 0.25) is 0 Å². The number of nitrogens with one attached hydrogen (secondary N) is 1. The molecule has 5 heteroatoms. The average Bonchev–Trinajstić information content (AvgIpc) is 2.46. The van der Waals surface area contributed by atoms with Gasteiger partial charge >= 0.3 is 0 Å². The molecule has 0 heterocycles. The first-order valence-electron chi connectivity index (χ1n) is 6.84. The third-order valence-corrected chi connectivity index (χ3v) is 4.90. The minimum Gasteiger partial charge on any atom is -0.392 e. The predicted octanol–water partition coefficient (Wildman–Crippen LogP) is 1.73. The third-order valence-electron chi connectivity index (χ3n) is 3.28. The standard InChI is InChI=1S/C15H23NO3S/c1-4-11(2)16-15(18)12(3)20(19)10-14-7-5-13(9-17)6-8-14/h5-8,11-12,17H,4,9-10H2,1-3H3,(H,16,18). The minimum atomic E-state index is -1.25.